The number of aromatic amines is 1. The second-order valence-corrected chi connectivity index (χ2v) is 5.16. The van der Waals surface area contributed by atoms with Gasteiger partial charge in [-0.25, -0.2) is 4.98 Å². The minimum atomic E-state index is 0.404. The van der Waals surface area contributed by atoms with Crippen molar-refractivity contribution in [1.82, 2.24) is 15.2 Å². The highest BCUT2D eigenvalue weighted by atomic mass is 15.2. The van der Waals surface area contributed by atoms with Crippen LogP contribution in [0.5, 0.6) is 0 Å². The van der Waals surface area contributed by atoms with E-state index in [4.69, 9.17) is 0 Å². The summed E-state index contributed by atoms with van der Waals surface area (Å²) in [6, 6.07) is 0. The number of nitrogens with zero attached hydrogens (tertiary/aromatic N) is 2. The second-order valence-electron chi connectivity index (χ2n) is 5.16. The molecule has 0 amide bonds. The number of aromatic nitrogens is 3. The zero-order chi connectivity index (χ0) is 9.10. The molecule has 3 fully saturated rings. The maximum atomic E-state index is 4.27. The van der Waals surface area contributed by atoms with Gasteiger partial charge < -0.3 is 0 Å². The first-order valence-electron chi connectivity index (χ1n) is 5.03. The van der Waals surface area contributed by atoms with E-state index >= 15 is 0 Å². The second kappa shape index (κ2) is 1.97. The van der Waals surface area contributed by atoms with Crippen molar-refractivity contribution in [3.63, 3.8) is 0 Å². The summed E-state index contributed by atoms with van der Waals surface area (Å²) in [6.45, 7) is 4.67. The van der Waals surface area contributed by atoms with Crippen LogP contribution in [0.3, 0.4) is 0 Å². The monoisotopic (exact) mass is 177 g/mol. The summed E-state index contributed by atoms with van der Waals surface area (Å²) in [7, 11) is 0. The Morgan fingerprint density at radius 3 is 2.54 bits per heavy atom. The highest BCUT2D eigenvalue weighted by Gasteiger charge is 2.70. The van der Waals surface area contributed by atoms with Crippen molar-refractivity contribution in [2.45, 2.75) is 38.5 Å². The van der Waals surface area contributed by atoms with E-state index in [1.807, 2.05) is 0 Å². The third-order valence-corrected chi connectivity index (χ3v) is 4.21. The van der Waals surface area contributed by atoms with E-state index in [2.05, 4.69) is 29.0 Å². The topological polar surface area (TPSA) is 41.6 Å². The zero-order valence-electron chi connectivity index (χ0n) is 8.17. The number of hydrogen-bond donors (Lipinski definition) is 1. The molecule has 1 N–H and O–H groups in total. The first-order valence-corrected chi connectivity index (χ1v) is 5.03. The lowest BCUT2D eigenvalue weighted by Gasteiger charge is -2.71. The third-order valence-electron chi connectivity index (χ3n) is 4.21. The summed E-state index contributed by atoms with van der Waals surface area (Å²) in [5, 5.41) is 6.94. The van der Waals surface area contributed by atoms with E-state index in [9.17, 15) is 0 Å². The van der Waals surface area contributed by atoms with Crippen LogP contribution in [0.15, 0.2) is 6.33 Å². The Bertz CT molecular complexity index is 306. The summed E-state index contributed by atoms with van der Waals surface area (Å²) in [5.74, 6) is 1.95. The van der Waals surface area contributed by atoms with Crippen LogP contribution in [0, 0.1) is 11.3 Å². The number of rotatable bonds is 2. The van der Waals surface area contributed by atoms with Crippen LogP contribution in [0.25, 0.3) is 0 Å². The van der Waals surface area contributed by atoms with Gasteiger partial charge in [-0.15, -0.1) is 0 Å². The van der Waals surface area contributed by atoms with E-state index in [1.165, 1.54) is 19.3 Å². The van der Waals surface area contributed by atoms with E-state index in [1.54, 1.807) is 6.33 Å². The minimum Gasteiger partial charge on any atom is -0.263 e. The maximum Gasteiger partial charge on any atom is 0.137 e. The Morgan fingerprint density at radius 1 is 1.38 bits per heavy atom. The standard InChI is InChI=1S/C10H15N3/c1-7(2)9-3-10(4-9,5-9)8-11-6-12-13-8/h6-7H,3-5H2,1-2H3,(H,11,12,13). The van der Waals surface area contributed by atoms with Gasteiger partial charge in [-0.3, -0.25) is 5.10 Å². The van der Waals surface area contributed by atoms with E-state index in [-0.39, 0.29) is 0 Å². The molecule has 0 aliphatic heterocycles. The number of nitrogens with one attached hydrogen (secondary N) is 1. The molecular formula is C10H15N3. The van der Waals surface area contributed by atoms with Gasteiger partial charge in [0.05, 0.1) is 0 Å². The summed E-state index contributed by atoms with van der Waals surface area (Å²) < 4.78 is 0. The summed E-state index contributed by atoms with van der Waals surface area (Å²) >= 11 is 0. The highest BCUT2D eigenvalue weighted by molar-refractivity contribution is 5.30. The van der Waals surface area contributed by atoms with Crippen LogP contribution in [-0.4, -0.2) is 15.2 Å². The molecule has 0 saturated heterocycles. The SMILES string of the molecule is CC(C)C12CC(c3ncn[nH]3)(C1)C2. The minimum absolute atomic E-state index is 0.404. The van der Waals surface area contributed by atoms with Gasteiger partial charge in [0.1, 0.15) is 12.2 Å². The van der Waals surface area contributed by atoms with Crippen LogP contribution in [0.2, 0.25) is 0 Å². The van der Waals surface area contributed by atoms with Gasteiger partial charge >= 0.3 is 0 Å². The highest BCUT2D eigenvalue weighted by Crippen LogP contribution is 2.75. The molecule has 3 saturated carbocycles. The lowest BCUT2D eigenvalue weighted by molar-refractivity contribution is -0.176. The van der Waals surface area contributed by atoms with Crippen LogP contribution in [-0.2, 0) is 5.41 Å². The Morgan fingerprint density at radius 2 is 2.08 bits per heavy atom. The molecule has 1 aromatic rings. The van der Waals surface area contributed by atoms with Crippen LogP contribution in [0.4, 0.5) is 0 Å². The smallest absolute Gasteiger partial charge is 0.137 e. The molecule has 3 aliphatic rings. The molecule has 0 atom stereocenters. The Kier molecular flexibility index (Phi) is 1.14. The maximum absolute atomic E-state index is 4.27. The largest absolute Gasteiger partial charge is 0.263 e. The van der Waals surface area contributed by atoms with Gasteiger partial charge in [-0.2, -0.15) is 5.10 Å². The predicted octanol–water partition coefficient (Wildman–Crippen LogP) is 1.88. The summed E-state index contributed by atoms with van der Waals surface area (Å²) in [4.78, 5) is 4.27. The first-order chi connectivity index (χ1) is 6.17. The van der Waals surface area contributed by atoms with Crippen molar-refractivity contribution in [2.24, 2.45) is 11.3 Å². The molecule has 0 spiro atoms. The molecule has 0 unspecified atom stereocenters. The fraction of sp³-hybridized carbons (Fsp3) is 0.800. The van der Waals surface area contributed by atoms with Crippen molar-refractivity contribution in [2.75, 3.05) is 0 Å². The van der Waals surface area contributed by atoms with E-state index < -0.39 is 0 Å². The molecule has 3 aliphatic carbocycles. The van der Waals surface area contributed by atoms with Crippen molar-refractivity contribution in [3.05, 3.63) is 12.2 Å². The predicted molar refractivity (Wildman–Crippen MR) is 49.2 cm³/mol. The number of hydrogen-bond acceptors (Lipinski definition) is 2. The Hall–Kier alpha value is -0.860. The van der Waals surface area contributed by atoms with Gasteiger partial charge in [0.25, 0.3) is 0 Å². The molecule has 0 aromatic carbocycles. The van der Waals surface area contributed by atoms with Crippen molar-refractivity contribution in [1.29, 1.82) is 0 Å². The van der Waals surface area contributed by atoms with E-state index in [0.29, 0.717) is 10.8 Å². The fourth-order valence-corrected chi connectivity index (χ4v) is 3.19. The molecule has 3 nitrogen and oxygen atoms in total. The van der Waals surface area contributed by atoms with E-state index in [0.717, 1.165) is 11.7 Å². The average Bonchev–Trinajstić information content (AvgIpc) is 2.31. The molecule has 0 radical (unpaired) electrons. The van der Waals surface area contributed by atoms with Crippen molar-refractivity contribution >= 4 is 0 Å². The molecule has 3 heteroatoms. The van der Waals surface area contributed by atoms with Crippen molar-refractivity contribution < 1.29 is 0 Å². The third kappa shape index (κ3) is 0.713. The first kappa shape index (κ1) is 7.54. The lowest BCUT2D eigenvalue weighted by Crippen LogP contribution is -2.67. The van der Waals surface area contributed by atoms with Crippen LogP contribution >= 0.6 is 0 Å². The van der Waals surface area contributed by atoms with Crippen LogP contribution < -0.4 is 0 Å². The Balaban J connectivity index is 1.81. The Labute approximate surface area is 78.0 Å². The zero-order valence-corrected chi connectivity index (χ0v) is 8.17. The molecule has 1 aromatic heterocycles. The van der Waals surface area contributed by atoms with Crippen LogP contribution in [0.1, 0.15) is 38.9 Å². The van der Waals surface area contributed by atoms with Gasteiger partial charge in [0.15, 0.2) is 0 Å². The number of H-pyrrole nitrogens is 1. The normalized spacial score (nSPS) is 41.5. The average molecular weight is 177 g/mol. The summed E-state index contributed by atoms with van der Waals surface area (Å²) in [5.41, 5.74) is 1.06. The lowest BCUT2D eigenvalue weighted by atomic mass is 9.32. The molecule has 70 valence electrons. The van der Waals surface area contributed by atoms with Gasteiger partial charge in [-0.1, -0.05) is 13.8 Å². The molecule has 4 rings (SSSR count). The van der Waals surface area contributed by atoms with Gasteiger partial charge in [-0.05, 0) is 30.6 Å². The molecule has 13 heavy (non-hydrogen) atoms. The van der Waals surface area contributed by atoms with Gasteiger partial charge in [0, 0.05) is 5.41 Å². The van der Waals surface area contributed by atoms with Crippen molar-refractivity contribution in [3.8, 4) is 0 Å². The fourth-order valence-electron chi connectivity index (χ4n) is 3.19. The summed E-state index contributed by atoms with van der Waals surface area (Å²) in [6.07, 6.45) is 5.60. The molecule has 1 heterocycles. The van der Waals surface area contributed by atoms with Gasteiger partial charge in [0.2, 0.25) is 0 Å². The molecular weight excluding hydrogens is 162 g/mol. The molecule has 2 bridgehead atoms. The quantitative estimate of drug-likeness (QED) is 0.749.